The maximum atomic E-state index is 13.0. The van der Waals surface area contributed by atoms with Gasteiger partial charge in [-0.05, 0) is 73.4 Å². The summed E-state index contributed by atoms with van der Waals surface area (Å²) in [5.41, 5.74) is 1.60. The van der Waals surface area contributed by atoms with Gasteiger partial charge in [0.1, 0.15) is 11.6 Å². The van der Waals surface area contributed by atoms with Crippen LogP contribution < -0.4 is 10.4 Å². The number of hydrogen-bond acceptors (Lipinski definition) is 5. The first-order valence-electron chi connectivity index (χ1n) is 14.1. The molecule has 12 heteroatoms. The fourth-order valence-corrected chi connectivity index (χ4v) is 5.79. The standard InChI is InChI=1S/C32H30F3N5O3S/c1-2-22-39-30(37-40(31(39)41)26-20-18-25(19-21-26)32(33,34)35)13-6-8-23-14-16-24(17-15-23)28-11-7-12-29(36-28)38-44(42,43)27-9-4-3-5-10-27/h3-5,7,9-12,14-21H,2,6,8,13,22H2,1H3,(H,36,38). The lowest BCUT2D eigenvalue weighted by molar-refractivity contribution is -0.137. The second-order valence-corrected chi connectivity index (χ2v) is 11.9. The molecule has 5 aromatic rings. The molecule has 0 bridgehead atoms. The van der Waals surface area contributed by atoms with Crippen LogP contribution in [0.5, 0.6) is 0 Å². The fourth-order valence-electron chi connectivity index (χ4n) is 4.77. The Balaban J connectivity index is 1.25. The molecule has 1 N–H and O–H groups in total. The van der Waals surface area contributed by atoms with Crippen molar-refractivity contribution in [1.82, 2.24) is 19.3 Å². The molecule has 0 aliphatic carbocycles. The summed E-state index contributed by atoms with van der Waals surface area (Å²) >= 11 is 0. The maximum Gasteiger partial charge on any atom is 0.416 e. The van der Waals surface area contributed by atoms with Gasteiger partial charge < -0.3 is 0 Å². The van der Waals surface area contributed by atoms with Crippen molar-refractivity contribution in [2.24, 2.45) is 0 Å². The Labute approximate surface area is 252 Å². The Morgan fingerprint density at radius 2 is 1.55 bits per heavy atom. The smallest absolute Gasteiger partial charge is 0.279 e. The van der Waals surface area contributed by atoms with Gasteiger partial charge in [0.05, 0.1) is 21.8 Å². The predicted molar refractivity (Wildman–Crippen MR) is 162 cm³/mol. The lowest BCUT2D eigenvalue weighted by Gasteiger charge is -2.09. The van der Waals surface area contributed by atoms with E-state index in [1.807, 2.05) is 31.2 Å². The van der Waals surface area contributed by atoms with Gasteiger partial charge in [0, 0.05) is 18.5 Å². The Bertz CT molecular complexity index is 1890. The van der Waals surface area contributed by atoms with Crippen LogP contribution in [0.3, 0.4) is 0 Å². The van der Waals surface area contributed by atoms with Crippen LogP contribution in [-0.2, 0) is 35.6 Å². The minimum absolute atomic E-state index is 0.148. The van der Waals surface area contributed by atoms with Crippen molar-refractivity contribution in [3.05, 3.63) is 124 Å². The first-order valence-corrected chi connectivity index (χ1v) is 15.5. The lowest BCUT2D eigenvalue weighted by atomic mass is 10.0. The normalized spacial score (nSPS) is 11.9. The van der Waals surface area contributed by atoms with E-state index in [2.05, 4.69) is 14.8 Å². The highest BCUT2D eigenvalue weighted by Crippen LogP contribution is 2.29. The second kappa shape index (κ2) is 12.9. The molecule has 0 radical (unpaired) electrons. The van der Waals surface area contributed by atoms with Gasteiger partial charge in [-0.15, -0.1) is 5.10 Å². The largest absolute Gasteiger partial charge is 0.416 e. The van der Waals surface area contributed by atoms with E-state index in [9.17, 15) is 26.4 Å². The monoisotopic (exact) mass is 621 g/mol. The highest BCUT2D eigenvalue weighted by molar-refractivity contribution is 7.92. The minimum atomic E-state index is -4.46. The second-order valence-electron chi connectivity index (χ2n) is 10.2. The Kier molecular flexibility index (Phi) is 9.00. The number of pyridine rings is 1. The molecule has 0 aliphatic rings. The van der Waals surface area contributed by atoms with E-state index >= 15 is 0 Å². The zero-order chi connectivity index (χ0) is 31.3. The van der Waals surface area contributed by atoms with Gasteiger partial charge in [-0.2, -0.15) is 17.9 Å². The van der Waals surface area contributed by atoms with E-state index in [0.717, 1.165) is 27.9 Å². The molecular weight excluding hydrogens is 591 g/mol. The van der Waals surface area contributed by atoms with Crippen LogP contribution >= 0.6 is 0 Å². The summed E-state index contributed by atoms with van der Waals surface area (Å²) in [5.74, 6) is 0.789. The number of nitrogens with one attached hydrogen (secondary N) is 1. The summed E-state index contributed by atoms with van der Waals surface area (Å²) in [5, 5.41) is 4.46. The molecule has 44 heavy (non-hydrogen) atoms. The van der Waals surface area contributed by atoms with E-state index in [1.165, 1.54) is 24.3 Å². The number of benzene rings is 3. The van der Waals surface area contributed by atoms with Crippen molar-refractivity contribution in [3.63, 3.8) is 0 Å². The minimum Gasteiger partial charge on any atom is -0.279 e. The predicted octanol–water partition coefficient (Wildman–Crippen LogP) is 6.50. The number of anilines is 1. The van der Waals surface area contributed by atoms with Crippen molar-refractivity contribution in [1.29, 1.82) is 0 Å². The third kappa shape index (κ3) is 7.08. The van der Waals surface area contributed by atoms with Gasteiger partial charge >= 0.3 is 11.9 Å². The number of hydrogen-bond donors (Lipinski definition) is 1. The molecule has 0 unspecified atom stereocenters. The Hall–Kier alpha value is -4.71. The zero-order valence-electron chi connectivity index (χ0n) is 23.8. The van der Waals surface area contributed by atoms with Crippen LogP contribution in [0.2, 0.25) is 0 Å². The lowest BCUT2D eigenvalue weighted by Crippen LogP contribution is -2.24. The first-order chi connectivity index (χ1) is 21.0. The summed E-state index contributed by atoms with van der Waals surface area (Å²) in [6, 6.07) is 25.4. The molecule has 2 aromatic heterocycles. The van der Waals surface area contributed by atoms with Crippen LogP contribution in [0.1, 0.15) is 36.7 Å². The molecule has 0 saturated carbocycles. The number of sulfonamides is 1. The van der Waals surface area contributed by atoms with Crippen LogP contribution in [0.25, 0.3) is 16.9 Å². The molecule has 0 saturated heterocycles. The zero-order valence-corrected chi connectivity index (χ0v) is 24.6. The molecule has 0 aliphatic heterocycles. The van der Waals surface area contributed by atoms with Crippen LogP contribution in [-0.4, -0.2) is 27.7 Å². The summed E-state index contributed by atoms with van der Waals surface area (Å²) in [6.45, 7) is 2.40. The highest BCUT2D eigenvalue weighted by atomic mass is 32.2. The van der Waals surface area contributed by atoms with Gasteiger partial charge in [-0.25, -0.2) is 18.2 Å². The van der Waals surface area contributed by atoms with E-state index in [4.69, 9.17) is 0 Å². The molecule has 0 atom stereocenters. The molecule has 3 aromatic carbocycles. The number of alkyl halides is 3. The third-order valence-electron chi connectivity index (χ3n) is 6.98. The SMILES string of the molecule is CCCn1c(CCCc2ccc(-c3cccc(NS(=O)(=O)c4ccccc4)n3)cc2)nn(-c2ccc(C(F)(F)F)cc2)c1=O. The van der Waals surface area contributed by atoms with Crippen LogP contribution in [0, 0.1) is 0 Å². The molecule has 8 nitrogen and oxygen atoms in total. The van der Waals surface area contributed by atoms with Crippen molar-refractivity contribution < 1.29 is 21.6 Å². The van der Waals surface area contributed by atoms with E-state index in [1.54, 1.807) is 41.0 Å². The van der Waals surface area contributed by atoms with Gasteiger partial charge in [0.2, 0.25) is 0 Å². The number of aryl methyl sites for hydroxylation is 2. The summed E-state index contributed by atoms with van der Waals surface area (Å²) in [6.07, 6.45) is -1.84. The third-order valence-corrected chi connectivity index (χ3v) is 8.35. The summed E-state index contributed by atoms with van der Waals surface area (Å²) in [4.78, 5) is 17.7. The van der Waals surface area contributed by atoms with Gasteiger partial charge in [-0.1, -0.05) is 55.5 Å². The molecular formula is C32H30F3N5O3S. The number of rotatable bonds is 11. The van der Waals surface area contributed by atoms with Crippen molar-refractivity contribution in [2.75, 3.05) is 4.72 Å². The van der Waals surface area contributed by atoms with Crippen molar-refractivity contribution >= 4 is 15.8 Å². The Morgan fingerprint density at radius 1 is 0.841 bits per heavy atom. The van der Waals surface area contributed by atoms with Crippen molar-refractivity contribution in [2.45, 2.75) is 50.2 Å². The van der Waals surface area contributed by atoms with Gasteiger partial charge in [-0.3, -0.25) is 9.29 Å². The van der Waals surface area contributed by atoms with Crippen LogP contribution in [0.15, 0.2) is 107 Å². The maximum absolute atomic E-state index is 13.0. The summed E-state index contributed by atoms with van der Waals surface area (Å²) < 4.78 is 69.5. The van der Waals surface area contributed by atoms with E-state index < -0.39 is 21.8 Å². The summed E-state index contributed by atoms with van der Waals surface area (Å²) in [7, 11) is -3.76. The van der Waals surface area contributed by atoms with E-state index in [-0.39, 0.29) is 22.1 Å². The van der Waals surface area contributed by atoms with Gasteiger partial charge in [0.15, 0.2) is 0 Å². The molecule has 5 rings (SSSR count). The number of aromatic nitrogens is 4. The molecule has 0 amide bonds. The average Bonchev–Trinajstić information content (AvgIpc) is 3.32. The quantitative estimate of drug-likeness (QED) is 0.182. The first kappa shape index (κ1) is 30.7. The van der Waals surface area contributed by atoms with E-state index in [0.29, 0.717) is 43.7 Å². The van der Waals surface area contributed by atoms with Gasteiger partial charge in [0.25, 0.3) is 10.0 Å². The molecule has 228 valence electrons. The average molecular weight is 622 g/mol. The van der Waals surface area contributed by atoms with Crippen LogP contribution in [0.4, 0.5) is 19.0 Å². The topological polar surface area (TPSA) is 98.9 Å². The number of halogens is 3. The molecule has 0 fully saturated rings. The molecule has 2 heterocycles. The molecule has 0 spiro atoms. The van der Waals surface area contributed by atoms with Crippen molar-refractivity contribution in [3.8, 4) is 16.9 Å². The Morgan fingerprint density at radius 3 is 2.20 bits per heavy atom. The highest BCUT2D eigenvalue weighted by Gasteiger charge is 2.30. The number of nitrogens with zero attached hydrogens (tertiary/aromatic N) is 4. The fraction of sp³-hybridized carbons (Fsp3) is 0.219.